The average molecular weight is 208 g/mol. The van der Waals surface area contributed by atoms with Crippen LogP contribution in [0.2, 0.25) is 0 Å². The zero-order valence-electron chi connectivity index (χ0n) is 9.57. The summed E-state index contributed by atoms with van der Waals surface area (Å²) in [5.74, 6) is 0. The highest BCUT2D eigenvalue weighted by atomic mass is 14.9. The fourth-order valence-electron chi connectivity index (χ4n) is 2.35. The molecule has 1 aromatic carbocycles. The molecule has 0 saturated heterocycles. The molecule has 0 bridgehead atoms. The van der Waals surface area contributed by atoms with E-state index in [1.54, 1.807) is 0 Å². The quantitative estimate of drug-likeness (QED) is 0.394. The monoisotopic (exact) mass is 208 g/mol. The third-order valence-corrected chi connectivity index (χ3v) is 3.08. The average Bonchev–Trinajstić information content (AvgIpc) is 2.28. The van der Waals surface area contributed by atoms with Crippen molar-refractivity contribution in [2.45, 2.75) is 13.8 Å². The van der Waals surface area contributed by atoms with Gasteiger partial charge in [-0.25, -0.2) is 0 Å². The van der Waals surface area contributed by atoms with Crippen LogP contribution < -0.4 is 4.40 Å². The molecule has 0 spiro atoms. The minimum absolute atomic E-state index is 1.28. The minimum atomic E-state index is 1.28. The SMILES string of the molecule is Cc1cc(C)[n+]2ccc3ccccc3c2c1. The van der Waals surface area contributed by atoms with E-state index in [2.05, 4.69) is 66.9 Å². The van der Waals surface area contributed by atoms with Crippen LogP contribution in [0.5, 0.6) is 0 Å². The first-order valence-corrected chi connectivity index (χ1v) is 5.56. The van der Waals surface area contributed by atoms with Gasteiger partial charge in [0.25, 0.3) is 0 Å². The van der Waals surface area contributed by atoms with Crippen LogP contribution in [-0.2, 0) is 0 Å². The number of aromatic nitrogens is 1. The molecule has 0 saturated carbocycles. The highest BCUT2D eigenvalue weighted by Crippen LogP contribution is 2.17. The van der Waals surface area contributed by atoms with Gasteiger partial charge < -0.3 is 0 Å². The Hall–Kier alpha value is -1.89. The Balaban J connectivity index is 2.59. The van der Waals surface area contributed by atoms with Gasteiger partial charge in [0.15, 0.2) is 11.9 Å². The van der Waals surface area contributed by atoms with Crippen molar-refractivity contribution in [2.24, 2.45) is 0 Å². The van der Waals surface area contributed by atoms with Crippen LogP contribution in [-0.4, -0.2) is 0 Å². The molecule has 0 fully saturated rings. The van der Waals surface area contributed by atoms with Crippen LogP contribution in [0.3, 0.4) is 0 Å². The van der Waals surface area contributed by atoms with E-state index in [-0.39, 0.29) is 0 Å². The van der Waals surface area contributed by atoms with E-state index < -0.39 is 0 Å². The van der Waals surface area contributed by atoms with Gasteiger partial charge in [-0.05, 0) is 23.9 Å². The molecule has 3 rings (SSSR count). The second-order valence-electron chi connectivity index (χ2n) is 4.33. The topological polar surface area (TPSA) is 4.10 Å². The van der Waals surface area contributed by atoms with E-state index in [9.17, 15) is 0 Å². The van der Waals surface area contributed by atoms with Crippen molar-refractivity contribution in [3.05, 3.63) is 59.9 Å². The maximum absolute atomic E-state index is 2.25. The Labute approximate surface area is 95.0 Å². The van der Waals surface area contributed by atoms with E-state index in [1.165, 1.54) is 27.5 Å². The van der Waals surface area contributed by atoms with E-state index >= 15 is 0 Å². The molecule has 0 atom stereocenters. The van der Waals surface area contributed by atoms with Crippen LogP contribution in [0.15, 0.2) is 48.7 Å². The minimum Gasteiger partial charge on any atom is -0.164 e. The van der Waals surface area contributed by atoms with Crippen molar-refractivity contribution >= 4 is 16.3 Å². The third kappa shape index (κ3) is 1.28. The van der Waals surface area contributed by atoms with Crippen LogP contribution >= 0.6 is 0 Å². The summed E-state index contributed by atoms with van der Waals surface area (Å²) in [6, 6.07) is 15.2. The number of aryl methyl sites for hydroxylation is 2. The molecule has 78 valence electrons. The van der Waals surface area contributed by atoms with E-state index in [0.717, 1.165) is 0 Å². The molecular weight excluding hydrogens is 194 g/mol. The number of fused-ring (bicyclic) bond motifs is 3. The molecule has 1 heteroatoms. The lowest BCUT2D eigenvalue weighted by atomic mass is 10.1. The number of hydrogen-bond donors (Lipinski definition) is 0. The Morgan fingerprint density at radius 1 is 0.938 bits per heavy atom. The largest absolute Gasteiger partial charge is 0.218 e. The molecule has 0 amide bonds. The summed E-state index contributed by atoms with van der Waals surface area (Å²) >= 11 is 0. The lowest BCUT2D eigenvalue weighted by Gasteiger charge is -2.01. The number of hydrogen-bond acceptors (Lipinski definition) is 0. The first-order valence-electron chi connectivity index (χ1n) is 5.56. The highest BCUT2D eigenvalue weighted by molar-refractivity contribution is 5.93. The van der Waals surface area contributed by atoms with E-state index in [4.69, 9.17) is 0 Å². The lowest BCUT2D eigenvalue weighted by molar-refractivity contribution is -0.518. The number of rotatable bonds is 0. The summed E-state index contributed by atoms with van der Waals surface area (Å²) in [5, 5.41) is 2.62. The second-order valence-corrected chi connectivity index (χ2v) is 4.33. The smallest absolute Gasteiger partial charge is 0.164 e. The zero-order valence-corrected chi connectivity index (χ0v) is 9.57. The van der Waals surface area contributed by atoms with E-state index in [0.29, 0.717) is 0 Å². The van der Waals surface area contributed by atoms with Gasteiger partial charge in [0.05, 0.1) is 5.39 Å². The lowest BCUT2D eigenvalue weighted by Crippen LogP contribution is -2.25. The Morgan fingerprint density at radius 3 is 2.62 bits per heavy atom. The predicted octanol–water partition coefficient (Wildman–Crippen LogP) is 3.20. The van der Waals surface area contributed by atoms with Gasteiger partial charge in [0, 0.05) is 25.1 Å². The van der Waals surface area contributed by atoms with Gasteiger partial charge >= 0.3 is 0 Å². The van der Waals surface area contributed by atoms with Crippen molar-refractivity contribution in [1.29, 1.82) is 0 Å². The summed E-state index contributed by atoms with van der Waals surface area (Å²) in [5.41, 5.74) is 3.88. The normalized spacial score (nSPS) is 11.1. The fraction of sp³-hybridized carbons (Fsp3) is 0.133. The number of nitrogens with zero attached hydrogens (tertiary/aromatic N) is 1. The summed E-state index contributed by atoms with van der Waals surface area (Å²) < 4.78 is 2.25. The summed E-state index contributed by atoms with van der Waals surface area (Å²) in [6.45, 7) is 4.30. The maximum Gasteiger partial charge on any atom is 0.218 e. The van der Waals surface area contributed by atoms with E-state index in [1.807, 2.05) is 0 Å². The molecule has 1 nitrogen and oxygen atoms in total. The van der Waals surface area contributed by atoms with Gasteiger partial charge in [0.2, 0.25) is 5.52 Å². The molecule has 16 heavy (non-hydrogen) atoms. The van der Waals surface area contributed by atoms with Crippen LogP contribution in [0.4, 0.5) is 0 Å². The van der Waals surface area contributed by atoms with Gasteiger partial charge in [0.1, 0.15) is 0 Å². The standard InChI is InChI=1S/C15H14N/c1-11-9-12(2)16-8-7-13-5-3-4-6-14(13)15(16)10-11/h3-10H,1-2H3/q+1. The summed E-state index contributed by atoms with van der Waals surface area (Å²) in [6.07, 6.45) is 2.15. The Bertz CT molecular complexity index is 683. The maximum atomic E-state index is 2.25. The fourth-order valence-corrected chi connectivity index (χ4v) is 2.35. The molecular formula is C15H14N+. The Morgan fingerprint density at radius 2 is 1.75 bits per heavy atom. The van der Waals surface area contributed by atoms with Crippen LogP contribution in [0, 0.1) is 13.8 Å². The summed E-state index contributed by atoms with van der Waals surface area (Å²) in [4.78, 5) is 0. The second kappa shape index (κ2) is 3.31. The third-order valence-electron chi connectivity index (χ3n) is 3.08. The molecule has 0 radical (unpaired) electrons. The van der Waals surface area contributed by atoms with Gasteiger partial charge in [-0.3, -0.25) is 0 Å². The molecule has 3 aromatic rings. The predicted molar refractivity (Wildman–Crippen MR) is 66.6 cm³/mol. The van der Waals surface area contributed by atoms with Crippen LogP contribution in [0.25, 0.3) is 16.3 Å². The molecule has 2 heterocycles. The Kier molecular flexibility index (Phi) is 1.93. The van der Waals surface area contributed by atoms with Crippen molar-refractivity contribution in [3.63, 3.8) is 0 Å². The number of pyridine rings is 2. The molecule has 0 N–H and O–H groups in total. The van der Waals surface area contributed by atoms with Crippen molar-refractivity contribution < 1.29 is 4.40 Å². The van der Waals surface area contributed by atoms with Gasteiger partial charge in [-0.2, -0.15) is 4.40 Å². The first-order chi connectivity index (χ1) is 7.75. The zero-order chi connectivity index (χ0) is 11.1. The number of benzene rings is 1. The molecule has 0 aliphatic carbocycles. The van der Waals surface area contributed by atoms with Crippen molar-refractivity contribution in [3.8, 4) is 0 Å². The first kappa shape index (κ1) is 9.34. The molecule has 0 aliphatic rings. The summed E-state index contributed by atoms with van der Waals surface area (Å²) in [7, 11) is 0. The highest BCUT2D eigenvalue weighted by Gasteiger charge is 2.10. The van der Waals surface area contributed by atoms with Gasteiger partial charge in [-0.15, -0.1) is 0 Å². The van der Waals surface area contributed by atoms with Crippen molar-refractivity contribution in [2.75, 3.05) is 0 Å². The van der Waals surface area contributed by atoms with Crippen LogP contribution in [0.1, 0.15) is 11.3 Å². The molecule has 0 unspecified atom stereocenters. The molecule has 2 aromatic heterocycles. The van der Waals surface area contributed by atoms with Gasteiger partial charge in [-0.1, -0.05) is 18.2 Å². The molecule has 0 aliphatic heterocycles. The van der Waals surface area contributed by atoms with Crippen molar-refractivity contribution in [1.82, 2.24) is 0 Å².